The molecule has 1 aromatic rings. The van der Waals surface area contributed by atoms with Gasteiger partial charge in [0.05, 0.1) is 17.2 Å². The summed E-state index contributed by atoms with van der Waals surface area (Å²) in [5, 5.41) is 10.6. The molecular formula is C13H20N4O4. The van der Waals surface area contributed by atoms with Crippen molar-refractivity contribution >= 4 is 11.6 Å². The van der Waals surface area contributed by atoms with Crippen LogP contribution in [0.3, 0.4) is 0 Å². The second-order valence-electron chi connectivity index (χ2n) is 5.03. The predicted molar refractivity (Wildman–Crippen MR) is 76.0 cm³/mol. The topological polar surface area (TPSA) is 114 Å². The van der Waals surface area contributed by atoms with E-state index in [1.54, 1.807) is 4.90 Å². The van der Waals surface area contributed by atoms with E-state index in [0.717, 1.165) is 19.3 Å². The third-order valence-corrected chi connectivity index (χ3v) is 3.54. The number of amides is 1. The maximum Gasteiger partial charge on any atom is 0.287 e. The number of nitrogens with two attached hydrogens (primary N) is 1. The van der Waals surface area contributed by atoms with Gasteiger partial charge in [-0.25, -0.2) is 0 Å². The Hall–Kier alpha value is -1.93. The van der Waals surface area contributed by atoms with Gasteiger partial charge in [-0.2, -0.15) is 0 Å². The van der Waals surface area contributed by atoms with Crippen LogP contribution < -0.4 is 5.73 Å². The van der Waals surface area contributed by atoms with Crippen LogP contribution in [0.4, 0.5) is 5.69 Å². The monoisotopic (exact) mass is 296 g/mol. The number of carbonyl (C=O) groups is 1. The zero-order valence-corrected chi connectivity index (χ0v) is 11.8. The lowest BCUT2D eigenvalue weighted by Crippen LogP contribution is -2.41. The zero-order chi connectivity index (χ0) is 15.2. The molecule has 0 bridgehead atoms. The van der Waals surface area contributed by atoms with Crippen molar-refractivity contribution in [2.45, 2.75) is 25.4 Å². The molecule has 0 atom stereocenters. The highest BCUT2D eigenvalue weighted by Crippen LogP contribution is 2.18. The summed E-state index contributed by atoms with van der Waals surface area (Å²) in [6.07, 6.45) is 3.79. The summed E-state index contributed by atoms with van der Waals surface area (Å²) in [4.78, 5) is 26.7. The standard InChI is InChI=1S/C13H20N4O4/c14-4-1-7-21-11-2-5-16(6-3-11)13(18)12-8-10(9-15-12)17(19)20/h8-9,11,15H,1-7,14H2. The molecule has 2 rings (SSSR count). The van der Waals surface area contributed by atoms with Crippen LogP contribution in [-0.2, 0) is 4.74 Å². The van der Waals surface area contributed by atoms with E-state index in [0.29, 0.717) is 26.2 Å². The van der Waals surface area contributed by atoms with Crippen molar-refractivity contribution in [2.75, 3.05) is 26.2 Å². The number of hydrogen-bond donors (Lipinski definition) is 2. The summed E-state index contributed by atoms with van der Waals surface area (Å²) in [5.74, 6) is -0.205. The molecular weight excluding hydrogens is 276 g/mol. The first kappa shape index (κ1) is 15.5. The second kappa shape index (κ2) is 7.19. The number of aromatic amines is 1. The Morgan fingerprint density at radius 2 is 2.24 bits per heavy atom. The Labute approximate surface area is 122 Å². The van der Waals surface area contributed by atoms with Gasteiger partial charge in [-0.3, -0.25) is 14.9 Å². The number of nitro groups is 1. The largest absolute Gasteiger partial charge is 0.378 e. The molecule has 0 unspecified atom stereocenters. The molecule has 0 aromatic carbocycles. The first-order valence-corrected chi connectivity index (χ1v) is 7.05. The predicted octanol–water partition coefficient (Wildman–Crippen LogP) is 0.893. The smallest absolute Gasteiger partial charge is 0.287 e. The molecule has 21 heavy (non-hydrogen) atoms. The first-order valence-electron chi connectivity index (χ1n) is 7.05. The molecule has 1 amide bonds. The van der Waals surface area contributed by atoms with Gasteiger partial charge in [0.15, 0.2) is 0 Å². The number of H-pyrrole nitrogens is 1. The molecule has 1 saturated heterocycles. The maximum absolute atomic E-state index is 12.2. The van der Waals surface area contributed by atoms with Gasteiger partial charge < -0.3 is 20.4 Å². The normalized spacial score (nSPS) is 16.1. The van der Waals surface area contributed by atoms with Crippen LogP contribution >= 0.6 is 0 Å². The number of nitrogens with zero attached hydrogens (tertiary/aromatic N) is 2. The van der Waals surface area contributed by atoms with E-state index in [4.69, 9.17) is 10.5 Å². The lowest BCUT2D eigenvalue weighted by molar-refractivity contribution is -0.384. The van der Waals surface area contributed by atoms with Crippen LogP contribution in [-0.4, -0.2) is 53.1 Å². The minimum absolute atomic E-state index is 0.0987. The average Bonchev–Trinajstić information content (AvgIpc) is 2.97. The van der Waals surface area contributed by atoms with Crippen LogP contribution in [0.5, 0.6) is 0 Å². The number of likely N-dealkylation sites (tertiary alicyclic amines) is 1. The molecule has 3 N–H and O–H groups in total. The maximum atomic E-state index is 12.2. The minimum atomic E-state index is -0.523. The SMILES string of the molecule is NCCCOC1CCN(C(=O)c2cc([N+](=O)[O-])c[nH]2)CC1. The van der Waals surface area contributed by atoms with E-state index >= 15 is 0 Å². The summed E-state index contributed by atoms with van der Waals surface area (Å²) < 4.78 is 5.68. The Morgan fingerprint density at radius 1 is 1.52 bits per heavy atom. The van der Waals surface area contributed by atoms with Gasteiger partial charge in [0.1, 0.15) is 5.69 Å². The molecule has 8 heteroatoms. The molecule has 116 valence electrons. The molecule has 0 aliphatic carbocycles. The van der Waals surface area contributed by atoms with Crippen molar-refractivity contribution in [2.24, 2.45) is 5.73 Å². The fraction of sp³-hybridized carbons (Fsp3) is 0.615. The highest BCUT2D eigenvalue weighted by molar-refractivity contribution is 5.93. The number of hydrogen-bond acceptors (Lipinski definition) is 5. The number of aromatic nitrogens is 1. The summed E-state index contributed by atoms with van der Waals surface area (Å²) >= 11 is 0. The molecule has 8 nitrogen and oxygen atoms in total. The zero-order valence-electron chi connectivity index (χ0n) is 11.8. The Bertz CT molecular complexity index is 494. The fourth-order valence-electron chi connectivity index (χ4n) is 2.34. The van der Waals surface area contributed by atoms with Gasteiger partial charge in [0.2, 0.25) is 0 Å². The average molecular weight is 296 g/mol. The van der Waals surface area contributed by atoms with Crippen LogP contribution in [0, 0.1) is 10.1 Å². The van der Waals surface area contributed by atoms with E-state index in [9.17, 15) is 14.9 Å². The highest BCUT2D eigenvalue weighted by atomic mass is 16.6. The molecule has 1 aliphatic rings. The van der Waals surface area contributed by atoms with Crippen LogP contribution in [0.25, 0.3) is 0 Å². The van der Waals surface area contributed by atoms with Gasteiger partial charge in [-0.15, -0.1) is 0 Å². The van der Waals surface area contributed by atoms with Crippen molar-refractivity contribution in [3.8, 4) is 0 Å². The fourth-order valence-corrected chi connectivity index (χ4v) is 2.34. The van der Waals surface area contributed by atoms with Crippen LogP contribution in [0.2, 0.25) is 0 Å². The van der Waals surface area contributed by atoms with Gasteiger partial charge >= 0.3 is 0 Å². The first-order chi connectivity index (χ1) is 10.1. The number of carbonyl (C=O) groups excluding carboxylic acids is 1. The summed E-state index contributed by atoms with van der Waals surface area (Å²) in [7, 11) is 0. The van der Waals surface area contributed by atoms with E-state index in [1.165, 1.54) is 12.3 Å². The molecule has 0 radical (unpaired) electrons. The molecule has 1 fully saturated rings. The number of nitrogens with one attached hydrogen (secondary N) is 1. The summed E-state index contributed by atoms with van der Waals surface area (Å²) in [6.45, 7) is 2.46. The molecule has 0 spiro atoms. The number of rotatable bonds is 6. The van der Waals surface area contributed by atoms with E-state index in [2.05, 4.69) is 4.98 Å². The highest BCUT2D eigenvalue weighted by Gasteiger charge is 2.25. The molecule has 0 saturated carbocycles. The summed E-state index contributed by atoms with van der Waals surface area (Å²) in [6, 6.07) is 1.27. The third kappa shape index (κ3) is 4.02. The van der Waals surface area contributed by atoms with Crippen molar-refractivity contribution in [1.82, 2.24) is 9.88 Å². The van der Waals surface area contributed by atoms with Gasteiger partial charge in [-0.1, -0.05) is 0 Å². The number of ether oxygens (including phenoxy) is 1. The Balaban J connectivity index is 1.83. The number of piperidine rings is 1. The Morgan fingerprint density at radius 3 is 2.81 bits per heavy atom. The van der Waals surface area contributed by atoms with Crippen molar-refractivity contribution < 1.29 is 14.5 Å². The van der Waals surface area contributed by atoms with E-state index in [-0.39, 0.29) is 23.4 Å². The molecule has 1 aliphatic heterocycles. The van der Waals surface area contributed by atoms with Gasteiger partial charge in [0.25, 0.3) is 11.6 Å². The van der Waals surface area contributed by atoms with Crippen molar-refractivity contribution in [3.63, 3.8) is 0 Å². The van der Waals surface area contributed by atoms with Crippen LogP contribution in [0.15, 0.2) is 12.3 Å². The van der Waals surface area contributed by atoms with Gasteiger partial charge in [-0.05, 0) is 25.8 Å². The Kier molecular flexibility index (Phi) is 5.29. The molecule has 1 aromatic heterocycles. The van der Waals surface area contributed by atoms with Gasteiger partial charge in [0, 0.05) is 25.8 Å². The second-order valence-corrected chi connectivity index (χ2v) is 5.03. The third-order valence-electron chi connectivity index (χ3n) is 3.54. The van der Waals surface area contributed by atoms with Crippen molar-refractivity contribution in [3.05, 3.63) is 28.1 Å². The molecule has 2 heterocycles. The quantitative estimate of drug-likeness (QED) is 0.459. The van der Waals surface area contributed by atoms with E-state index in [1.807, 2.05) is 0 Å². The summed E-state index contributed by atoms with van der Waals surface area (Å²) in [5.41, 5.74) is 5.56. The van der Waals surface area contributed by atoms with E-state index < -0.39 is 4.92 Å². The lowest BCUT2D eigenvalue weighted by Gasteiger charge is -2.31. The van der Waals surface area contributed by atoms with Crippen LogP contribution in [0.1, 0.15) is 29.8 Å². The van der Waals surface area contributed by atoms with Crippen molar-refractivity contribution in [1.29, 1.82) is 0 Å². The minimum Gasteiger partial charge on any atom is -0.378 e. The lowest BCUT2D eigenvalue weighted by atomic mass is 10.1.